The van der Waals surface area contributed by atoms with Crippen LogP contribution in [0.2, 0.25) is 0 Å². The molecule has 4 rings (SSSR count). The van der Waals surface area contributed by atoms with Gasteiger partial charge in [-0.25, -0.2) is 0 Å². The van der Waals surface area contributed by atoms with Crippen molar-refractivity contribution in [1.29, 1.82) is 0 Å². The van der Waals surface area contributed by atoms with Crippen LogP contribution in [-0.2, 0) is 6.18 Å². The van der Waals surface area contributed by atoms with Gasteiger partial charge in [-0.15, -0.1) is 0 Å². The smallest absolute Gasteiger partial charge is 0.195 e. The monoisotopic (exact) mass is 401 g/mol. The molecule has 0 saturated heterocycles. The molecule has 0 radical (unpaired) electrons. The quantitative estimate of drug-likeness (QED) is 0.445. The molecule has 0 saturated carbocycles. The summed E-state index contributed by atoms with van der Waals surface area (Å²) in [6.07, 6.45) is -6.22. The number of aryl methyl sites for hydroxylation is 1. The molecule has 4 aromatic rings. The van der Waals surface area contributed by atoms with Crippen LogP contribution in [-0.4, -0.2) is 6.15 Å². The van der Waals surface area contributed by atoms with Gasteiger partial charge in [-0.3, -0.25) is 0 Å². The van der Waals surface area contributed by atoms with Crippen molar-refractivity contribution >= 4 is 28.0 Å². The van der Waals surface area contributed by atoms with Crippen LogP contribution in [0.3, 0.4) is 0 Å². The van der Waals surface area contributed by atoms with Crippen LogP contribution in [0.5, 0.6) is 0 Å². The minimum Gasteiger partial charge on any atom is -0.195 e. The van der Waals surface area contributed by atoms with Crippen LogP contribution in [0, 0.1) is 6.92 Å². The number of halogens is 3. The van der Waals surface area contributed by atoms with E-state index in [-0.39, 0.29) is 0 Å². The Labute approximate surface area is 174 Å². The van der Waals surface area contributed by atoms with Crippen molar-refractivity contribution in [2.24, 2.45) is 0 Å². The van der Waals surface area contributed by atoms with Crippen LogP contribution in [0.4, 0.5) is 13.2 Å². The normalized spacial score (nSPS) is 12.0. The average molecular weight is 401 g/mol. The van der Waals surface area contributed by atoms with Gasteiger partial charge in [-0.05, 0) is 13.0 Å². The Hall–Kier alpha value is -3.27. The molecule has 0 amide bonds. The zero-order chi connectivity index (χ0) is 21.2. The lowest BCUT2D eigenvalue weighted by Crippen LogP contribution is -2.74. The first-order valence-electron chi connectivity index (χ1n) is 9.94. The van der Waals surface area contributed by atoms with E-state index in [0.717, 1.165) is 16.4 Å². The molecule has 0 nitrogen and oxygen atoms in total. The van der Waals surface area contributed by atoms with Crippen molar-refractivity contribution in [2.45, 2.75) is 13.1 Å². The van der Waals surface area contributed by atoms with Crippen molar-refractivity contribution < 1.29 is 13.2 Å². The largest absolute Gasteiger partial charge is 0.416 e. The Bertz CT molecular complexity index is 1020. The second kappa shape index (κ2) is 7.87. The molecule has 0 spiro atoms. The molecular weight excluding hydrogens is 380 g/mol. The SMILES string of the molecule is Cc1cc([B-](c2ccccc2)(c2ccccc2)c2ccccc2)cc(C(F)(F)F)c1. The zero-order valence-corrected chi connectivity index (χ0v) is 16.6. The van der Waals surface area contributed by atoms with Crippen molar-refractivity contribution in [3.63, 3.8) is 0 Å². The molecule has 0 unspecified atom stereocenters. The summed E-state index contributed by atoms with van der Waals surface area (Å²) in [5.74, 6) is 0. The third kappa shape index (κ3) is 3.54. The van der Waals surface area contributed by atoms with E-state index in [9.17, 15) is 13.2 Å². The number of alkyl halides is 3. The second-order valence-corrected chi connectivity index (χ2v) is 7.73. The van der Waals surface area contributed by atoms with E-state index in [1.165, 1.54) is 12.1 Å². The molecule has 150 valence electrons. The summed E-state index contributed by atoms with van der Waals surface area (Å²) in [7, 11) is 0. The lowest BCUT2D eigenvalue weighted by atomic mass is 9.13. The highest BCUT2D eigenvalue weighted by Crippen LogP contribution is 2.29. The molecule has 0 atom stereocenters. The maximum Gasteiger partial charge on any atom is 0.416 e. The lowest BCUT2D eigenvalue weighted by Gasteiger charge is -2.44. The number of rotatable bonds is 4. The Morgan fingerprint density at radius 2 is 0.933 bits per heavy atom. The van der Waals surface area contributed by atoms with E-state index in [4.69, 9.17) is 0 Å². The van der Waals surface area contributed by atoms with Crippen LogP contribution in [0.25, 0.3) is 0 Å². The molecule has 4 heteroatoms. The molecule has 0 aliphatic carbocycles. The van der Waals surface area contributed by atoms with Crippen molar-refractivity contribution in [2.75, 3.05) is 0 Å². The maximum atomic E-state index is 13.8. The van der Waals surface area contributed by atoms with Crippen LogP contribution >= 0.6 is 0 Å². The van der Waals surface area contributed by atoms with E-state index in [2.05, 4.69) is 0 Å². The molecule has 30 heavy (non-hydrogen) atoms. The average Bonchev–Trinajstić information content (AvgIpc) is 2.76. The topological polar surface area (TPSA) is 0 Å². The van der Waals surface area contributed by atoms with Gasteiger partial charge in [-0.1, -0.05) is 109 Å². The highest BCUT2D eigenvalue weighted by molar-refractivity contribution is 7.19. The van der Waals surface area contributed by atoms with Gasteiger partial charge in [-0.2, -0.15) is 35.0 Å². The van der Waals surface area contributed by atoms with Crippen LogP contribution < -0.4 is 21.9 Å². The first kappa shape index (κ1) is 20.0. The number of benzene rings is 4. The summed E-state index contributed by atoms with van der Waals surface area (Å²) in [6, 6.07) is 33.9. The van der Waals surface area contributed by atoms with Gasteiger partial charge in [0.05, 0.1) is 5.56 Å². The summed E-state index contributed by atoms with van der Waals surface area (Å²) >= 11 is 0. The summed E-state index contributed by atoms with van der Waals surface area (Å²) in [5.41, 5.74) is 3.57. The Kier molecular flexibility index (Phi) is 5.25. The molecule has 4 aromatic carbocycles. The highest BCUT2D eigenvalue weighted by atomic mass is 19.4. The summed E-state index contributed by atoms with van der Waals surface area (Å²) in [5, 5.41) is 0. The predicted molar refractivity (Wildman–Crippen MR) is 120 cm³/mol. The summed E-state index contributed by atoms with van der Waals surface area (Å²) in [4.78, 5) is 0. The summed E-state index contributed by atoms with van der Waals surface area (Å²) < 4.78 is 41.3. The summed E-state index contributed by atoms with van der Waals surface area (Å²) in [6.45, 7) is 1.72. The van der Waals surface area contributed by atoms with Crippen molar-refractivity contribution in [3.05, 3.63) is 120 Å². The van der Waals surface area contributed by atoms with Gasteiger partial charge in [0.15, 0.2) is 0 Å². The van der Waals surface area contributed by atoms with Gasteiger partial charge in [0.1, 0.15) is 6.15 Å². The van der Waals surface area contributed by atoms with E-state index < -0.39 is 17.9 Å². The molecule has 0 N–H and O–H groups in total. The second-order valence-electron chi connectivity index (χ2n) is 7.73. The number of hydrogen-bond acceptors (Lipinski definition) is 0. The minimum atomic E-state index is -4.41. The predicted octanol–water partition coefficient (Wildman–Crippen LogP) is 4.39. The Morgan fingerprint density at radius 1 is 0.533 bits per heavy atom. The van der Waals surface area contributed by atoms with E-state index in [1.54, 1.807) is 6.92 Å². The molecule has 0 bridgehead atoms. The van der Waals surface area contributed by atoms with Crippen LogP contribution in [0.1, 0.15) is 11.1 Å². The van der Waals surface area contributed by atoms with Crippen LogP contribution in [0.15, 0.2) is 109 Å². The van der Waals surface area contributed by atoms with Gasteiger partial charge in [0.2, 0.25) is 0 Å². The standard InChI is InChI=1S/C26H21BF3/c1-20-17-21(26(28,29)30)19-25(18-20)27(22-11-5-2-6-12-22,23-13-7-3-8-14-23)24-15-9-4-10-16-24/h2-19H,1H3/q-1. The Morgan fingerprint density at radius 3 is 1.30 bits per heavy atom. The lowest BCUT2D eigenvalue weighted by molar-refractivity contribution is -0.137. The van der Waals surface area contributed by atoms with Crippen molar-refractivity contribution in [3.8, 4) is 0 Å². The molecule has 0 heterocycles. The molecular formula is C26H21BF3-. The molecule has 0 aliphatic rings. The third-order valence-electron chi connectivity index (χ3n) is 5.83. The first-order valence-corrected chi connectivity index (χ1v) is 9.94. The van der Waals surface area contributed by atoms with Gasteiger partial charge >= 0.3 is 6.18 Å². The molecule has 0 fully saturated rings. The Balaban J connectivity index is 2.16. The zero-order valence-electron chi connectivity index (χ0n) is 16.6. The van der Waals surface area contributed by atoms with Gasteiger partial charge < -0.3 is 0 Å². The van der Waals surface area contributed by atoms with Gasteiger partial charge in [0, 0.05) is 0 Å². The fourth-order valence-corrected chi connectivity index (χ4v) is 4.61. The maximum absolute atomic E-state index is 13.8. The van der Waals surface area contributed by atoms with E-state index >= 15 is 0 Å². The number of hydrogen-bond donors (Lipinski definition) is 0. The minimum absolute atomic E-state index is 0.592. The highest BCUT2D eigenvalue weighted by Gasteiger charge is 2.35. The fraction of sp³-hybridized carbons (Fsp3) is 0.0769. The molecule has 0 aromatic heterocycles. The molecule has 0 aliphatic heterocycles. The third-order valence-corrected chi connectivity index (χ3v) is 5.83. The fourth-order valence-electron chi connectivity index (χ4n) is 4.61. The van der Waals surface area contributed by atoms with Crippen molar-refractivity contribution in [1.82, 2.24) is 0 Å². The van der Waals surface area contributed by atoms with E-state index in [0.29, 0.717) is 11.0 Å². The van der Waals surface area contributed by atoms with Gasteiger partial charge in [0.25, 0.3) is 0 Å². The van der Waals surface area contributed by atoms with E-state index in [1.807, 2.05) is 97.1 Å². The first-order chi connectivity index (χ1) is 14.4.